The van der Waals surface area contributed by atoms with E-state index in [0.29, 0.717) is 19.8 Å². The minimum atomic E-state index is -3.56. The average molecular weight is 363 g/mol. The molecule has 0 aromatic heterocycles. The van der Waals surface area contributed by atoms with E-state index in [-0.39, 0.29) is 11.4 Å². The molecule has 0 atom stereocenters. The van der Waals surface area contributed by atoms with E-state index in [1.54, 1.807) is 25.3 Å². The van der Waals surface area contributed by atoms with Crippen molar-refractivity contribution in [3.63, 3.8) is 0 Å². The molecular weight excluding hydrogens is 342 g/mol. The molecule has 0 saturated carbocycles. The lowest BCUT2D eigenvalue weighted by molar-refractivity contribution is 0.146. The molecule has 0 saturated heterocycles. The highest BCUT2D eigenvalue weighted by Crippen LogP contribution is 2.27. The zero-order chi connectivity index (χ0) is 17.7. The summed E-state index contributed by atoms with van der Waals surface area (Å²) in [4.78, 5) is 0.260. The molecular formula is C18H21NO5S. The molecule has 2 aromatic rings. The SMILES string of the molecule is COCCOc1ccc(CNS(=O)(=O)c2ccc3c(c2)CCO3)cc1. The zero-order valence-corrected chi connectivity index (χ0v) is 14.8. The molecule has 0 radical (unpaired) electrons. The van der Waals surface area contributed by atoms with Crippen LogP contribution in [0, 0.1) is 0 Å². The maximum Gasteiger partial charge on any atom is 0.240 e. The molecule has 0 unspecified atom stereocenters. The standard InChI is InChI=1S/C18H21NO5S/c1-22-10-11-23-16-4-2-14(3-5-16)13-19-25(20,21)17-6-7-18-15(12-17)8-9-24-18/h2-7,12,19H,8-11,13H2,1H3. The van der Waals surface area contributed by atoms with Crippen LogP contribution < -0.4 is 14.2 Å². The third kappa shape index (κ3) is 4.50. The van der Waals surface area contributed by atoms with Gasteiger partial charge < -0.3 is 14.2 Å². The second-order valence-electron chi connectivity index (χ2n) is 5.68. The molecule has 7 heteroatoms. The van der Waals surface area contributed by atoms with Crippen LogP contribution in [0.5, 0.6) is 11.5 Å². The normalized spacial score (nSPS) is 13.3. The van der Waals surface area contributed by atoms with Gasteiger partial charge in [0.05, 0.1) is 18.1 Å². The van der Waals surface area contributed by atoms with Crippen LogP contribution in [0.4, 0.5) is 0 Å². The van der Waals surface area contributed by atoms with Gasteiger partial charge in [0, 0.05) is 20.1 Å². The Morgan fingerprint density at radius 3 is 2.68 bits per heavy atom. The molecule has 1 aliphatic rings. The van der Waals surface area contributed by atoms with Crippen molar-refractivity contribution in [1.82, 2.24) is 4.72 Å². The number of methoxy groups -OCH3 is 1. The van der Waals surface area contributed by atoms with E-state index in [2.05, 4.69) is 4.72 Å². The molecule has 2 aromatic carbocycles. The minimum Gasteiger partial charge on any atom is -0.493 e. The monoisotopic (exact) mass is 363 g/mol. The Kier molecular flexibility index (Phi) is 5.57. The second-order valence-corrected chi connectivity index (χ2v) is 7.44. The number of sulfonamides is 1. The number of fused-ring (bicyclic) bond motifs is 1. The minimum absolute atomic E-state index is 0.217. The predicted octanol–water partition coefficient (Wildman–Crippen LogP) is 2.13. The van der Waals surface area contributed by atoms with Crippen molar-refractivity contribution in [2.24, 2.45) is 0 Å². The first-order chi connectivity index (χ1) is 12.1. The first kappa shape index (κ1) is 17.7. The molecule has 1 N–H and O–H groups in total. The van der Waals surface area contributed by atoms with E-state index < -0.39 is 10.0 Å². The van der Waals surface area contributed by atoms with Crippen LogP contribution in [0.3, 0.4) is 0 Å². The van der Waals surface area contributed by atoms with Crippen molar-refractivity contribution < 1.29 is 22.6 Å². The van der Waals surface area contributed by atoms with Gasteiger partial charge in [0.25, 0.3) is 0 Å². The molecule has 0 spiro atoms. The quantitative estimate of drug-likeness (QED) is 0.728. The first-order valence-corrected chi connectivity index (χ1v) is 9.53. The van der Waals surface area contributed by atoms with Gasteiger partial charge in [-0.25, -0.2) is 13.1 Å². The maximum atomic E-state index is 12.5. The topological polar surface area (TPSA) is 73.9 Å². The van der Waals surface area contributed by atoms with Gasteiger partial charge in [0.2, 0.25) is 10.0 Å². The van der Waals surface area contributed by atoms with Crippen LogP contribution in [-0.2, 0) is 27.7 Å². The van der Waals surface area contributed by atoms with Gasteiger partial charge in [-0.1, -0.05) is 12.1 Å². The summed E-state index contributed by atoms with van der Waals surface area (Å²) in [6.07, 6.45) is 0.739. The van der Waals surface area contributed by atoms with Gasteiger partial charge in [-0.3, -0.25) is 0 Å². The Bertz CT molecular complexity index is 818. The lowest BCUT2D eigenvalue weighted by Crippen LogP contribution is -2.23. The van der Waals surface area contributed by atoms with Crippen LogP contribution in [0.2, 0.25) is 0 Å². The summed E-state index contributed by atoms with van der Waals surface area (Å²) in [6, 6.07) is 12.3. The van der Waals surface area contributed by atoms with E-state index in [4.69, 9.17) is 14.2 Å². The fourth-order valence-electron chi connectivity index (χ4n) is 2.54. The lowest BCUT2D eigenvalue weighted by atomic mass is 10.2. The maximum absolute atomic E-state index is 12.5. The van der Waals surface area contributed by atoms with Crippen LogP contribution >= 0.6 is 0 Å². The van der Waals surface area contributed by atoms with Crippen LogP contribution in [0.25, 0.3) is 0 Å². The van der Waals surface area contributed by atoms with Crippen molar-refractivity contribution >= 4 is 10.0 Å². The molecule has 25 heavy (non-hydrogen) atoms. The highest BCUT2D eigenvalue weighted by molar-refractivity contribution is 7.89. The van der Waals surface area contributed by atoms with Crippen molar-refractivity contribution in [2.75, 3.05) is 26.9 Å². The molecule has 0 aliphatic carbocycles. The van der Waals surface area contributed by atoms with Crippen LogP contribution in [0.15, 0.2) is 47.4 Å². The van der Waals surface area contributed by atoms with Gasteiger partial charge in [-0.05, 0) is 41.5 Å². The summed E-state index contributed by atoms with van der Waals surface area (Å²) in [5.41, 5.74) is 1.78. The lowest BCUT2D eigenvalue weighted by Gasteiger charge is -2.09. The Morgan fingerprint density at radius 1 is 1.12 bits per heavy atom. The fraction of sp³-hybridized carbons (Fsp3) is 0.333. The molecule has 1 aliphatic heterocycles. The van der Waals surface area contributed by atoms with Crippen LogP contribution in [0.1, 0.15) is 11.1 Å². The van der Waals surface area contributed by atoms with Gasteiger partial charge in [0.1, 0.15) is 18.1 Å². The Labute approximate surface area is 147 Å². The van der Waals surface area contributed by atoms with Gasteiger partial charge >= 0.3 is 0 Å². The third-order valence-corrected chi connectivity index (χ3v) is 5.32. The van der Waals surface area contributed by atoms with E-state index >= 15 is 0 Å². The van der Waals surface area contributed by atoms with E-state index in [1.165, 1.54) is 0 Å². The summed E-state index contributed by atoms with van der Waals surface area (Å²) in [5.74, 6) is 1.49. The number of rotatable bonds is 8. The van der Waals surface area contributed by atoms with Crippen molar-refractivity contribution in [1.29, 1.82) is 0 Å². The molecule has 0 bridgehead atoms. The molecule has 3 rings (SSSR count). The Morgan fingerprint density at radius 2 is 1.92 bits per heavy atom. The average Bonchev–Trinajstić information content (AvgIpc) is 3.09. The van der Waals surface area contributed by atoms with E-state index in [9.17, 15) is 8.42 Å². The summed E-state index contributed by atoms with van der Waals surface area (Å²) < 4.78 is 43.4. The fourth-order valence-corrected chi connectivity index (χ4v) is 3.61. The van der Waals surface area contributed by atoms with Gasteiger partial charge in [-0.15, -0.1) is 0 Å². The van der Waals surface area contributed by atoms with Crippen molar-refractivity contribution in [2.45, 2.75) is 17.9 Å². The second kappa shape index (κ2) is 7.86. The number of nitrogens with one attached hydrogen (secondary N) is 1. The molecule has 0 fully saturated rings. The number of ether oxygens (including phenoxy) is 3. The van der Waals surface area contributed by atoms with E-state index in [0.717, 1.165) is 29.0 Å². The number of hydrogen-bond donors (Lipinski definition) is 1. The zero-order valence-electron chi connectivity index (χ0n) is 14.0. The summed E-state index contributed by atoms with van der Waals surface area (Å²) >= 11 is 0. The number of hydrogen-bond acceptors (Lipinski definition) is 5. The molecule has 0 amide bonds. The summed E-state index contributed by atoms with van der Waals surface area (Å²) in [7, 11) is -1.94. The predicted molar refractivity (Wildman–Crippen MR) is 93.5 cm³/mol. The first-order valence-electron chi connectivity index (χ1n) is 8.04. The van der Waals surface area contributed by atoms with Crippen molar-refractivity contribution in [3.05, 3.63) is 53.6 Å². The summed E-state index contributed by atoms with van der Waals surface area (Å²) in [5, 5.41) is 0. The largest absolute Gasteiger partial charge is 0.493 e. The molecule has 134 valence electrons. The summed E-state index contributed by atoms with van der Waals surface area (Å²) in [6.45, 7) is 1.82. The van der Waals surface area contributed by atoms with Gasteiger partial charge in [0.15, 0.2) is 0 Å². The third-order valence-electron chi connectivity index (χ3n) is 3.92. The highest BCUT2D eigenvalue weighted by atomic mass is 32.2. The van der Waals surface area contributed by atoms with Gasteiger partial charge in [-0.2, -0.15) is 0 Å². The number of benzene rings is 2. The smallest absolute Gasteiger partial charge is 0.240 e. The molecule has 6 nitrogen and oxygen atoms in total. The Balaban J connectivity index is 1.60. The molecule has 1 heterocycles. The van der Waals surface area contributed by atoms with Crippen molar-refractivity contribution in [3.8, 4) is 11.5 Å². The van der Waals surface area contributed by atoms with Crippen LogP contribution in [-0.4, -0.2) is 35.3 Å². The Hall–Kier alpha value is -2.09. The highest BCUT2D eigenvalue weighted by Gasteiger charge is 2.19. The van der Waals surface area contributed by atoms with E-state index in [1.807, 2.05) is 24.3 Å².